The Balaban J connectivity index is 1.47. The lowest BCUT2D eigenvalue weighted by Crippen LogP contribution is -3.11. The van der Waals surface area contributed by atoms with Gasteiger partial charge in [0, 0.05) is 43.4 Å². The lowest BCUT2D eigenvalue weighted by Gasteiger charge is -2.29. The van der Waals surface area contributed by atoms with Gasteiger partial charge in [-0.3, -0.25) is 0 Å². The third-order valence-corrected chi connectivity index (χ3v) is 6.01. The number of likely N-dealkylation sites (N-methyl/N-ethyl adjacent to an activating group) is 1. The van der Waals surface area contributed by atoms with Crippen LogP contribution >= 0.6 is 0 Å². The molecule has 1 aromatic heterocycles. The molecule has 2 aromatic carbocycles. The van der Waals surface area contributed by atoms with Crippen LogP contribution in [0.5, 0.6) is 0 Å². The zero-order valence-electron chi connectivity index (χ0n) is 17.1. The van der Waals surface area contributed by atoms with Crippen molar-refractivity contribution in [3.63, 3.8) is 0 Å². The van der Waals surface area contributed by atoms with Crippen LogP contribution in [-0.2, 0) is 17.8 Å². The average molecular weight is 393 g/mol. The number of nitrogens with zero attached hydrogens (tertiary/aromatic N) is 1. The van der Waals surface area contributed by atoms with Gasteiger partial charge in [-0.05, 0) is 17.2 Å². The van der Waals surface area contributed by atoms with Gasteiger partial charge < -0.3 is 19.5 Å². The van der Waals surface area contributed by atoms with Crippen molar-refractivity contribution in [3.8, 4) is 0 Å². The van der Waals surface area contributed by atoms with E-state index in [4.69, 9.17) is 4.74 Å². The first-order valence-electron chi connectivity index (χ1n) is 10.5. The van der Waals surface area contributed by atoms with Crippen LogP contribution in [0.15, 0.2) is 60.8 Å². The maximum Gasteiger partial charge on any atom is 0.410 e. The number of rotatable bonds is 7. The number of amides is 1. The molecule has 5 nitrogen and oxygen atoms in total. The second kappa shape index (κ2) is 9.14. The summed E-state index contributed by atoms with van der Waals surface area (Å²) in [6.45, 7) is 3.64. The SMILES string of the molecule is CN(C(=O)OCc1ccccc1)[C@@H](Cc1c[nH]c2ccccc12)C[NH+]1CCCC1. The molecule has 0 radical (unpaired) electrons. The molecule has 2 N–H and O–H groups in total. The summed E-state index contributed by atoms with van der Waals surface area (Å²) in [5.74, 6) is 0. The molecular weight excluding hydrogens is 362 g/mol. The average Bonchev–Trinajstić information content (AvgIpc) is 3.42. The number of nitrogens with one attached hydrogen (secondary N) is 2. The summed E-state index contributed by atoms with van der Waals surface area (Å²) in [4.78, 5) is 19.6. The Labute approximate surface area is 172 Å². The van der Waals surface area contributed by atoms with Gasteiger partial charge in [-0.2, -0.15) is 0 Å². The van der Waals surface area contributed by atoms with E-state index >= 15 is 0 Å². The minimum atomic E-state index is -0.253. The van der Waals surface area contributed by atoms with E-state index < -0.39 is 0 Å². The maximum atomic E-state index is 12.8. The summed E-state index contributed by atoms with van der Waals surface area (Å²) in [5, 5.41) is 1.24. The number of hydrogen-bond acceptors (Lipinski definition) is 2. The summed E-state index contributed by atoms with van der Waals surface area (Å²) in [6.07, 6.45) is 5.21. The van der Waals surface area contributed by atoms with Gasteiger partial charge in [0.15, 0.2) is 0 Å². The number of likely N-dealkylation sites (tertiary alicyclic amines) is 1. The van der Waals surface area contributed by atoms with Crippen LogP contribution in [0, 0.1) is 0 Å². The van der Waals surface area contributed by atoms with Gasteiger partial charge in [0.25, 0.3) is 0 Å². The van der Waals surface area contributed by atoms with E-state index in [0.29, 0.717) is 6.61 Å². The molecule has 1 aliphatic heterocycles. The highest BCUT2D eigenvalue weighted by Gasteiger charge is 2.28. The summed E-state index contributed by atoms with van der Waals surface area (Å²) in [6, 6.07) is 18.3. The molecule has 3 aromatic rings. The largest absolute Gasteiger partial charge is 0.445 e. The second-order valence-corrected chi connectivity index (χ2v) is 8.03. The number of carbonyl (C=O) groups excluding carboxylic acids is 1. The Morgan fingerprint density at radius 1 is 1.10 bits per heavy atom. The molecule has 0 spiro atoms. The van der Waals surface area contributed by atoms with Gasteiger partial charge in [-0.1, -0.05) is 48.5 Å². The third-order valence-electron chi connectivity index (χ3n) is 6.01. The van der Waals surface area contributed by atoms with Gasteiger partial charge >= 0.3 is 6.09 Å². The van der Waals surface area contributed by atoms with Crippen LogP contribution in [0.25, 0.3) is 10.9 Å². The molecule has 152 valence electrons. The zero-order chi connectivity index (χ0) is 20.1. The second-order valence-electron chi connectivity index (χ2n) is 8.03. The summed E-state index contributed by atoms with van der Waals surface area (Å²) in [7, 11) is 1.88. The number of fused-ring (bicyclic) bond motifs is 1. The summed E-state index contributed by atoms with van der Waals surface area (Å²) >= 11 is 0. The molecule has 4 rings (SSSR count). The number of quaternary nitrogens is 1. The monoisotopic (exact) mass is 392 g/mol. The molecule has 1 fully saturated rings. The molecule has 0 aliphatic carbocycles. The molecule has 1 saturated heterocycles. The molecule has 5 heteroatoms. The molecule has 1 amide bonds. The highest BCUT2D eigenvalue weighted by atomic mass is 16.6. The number of ether oxygens (including phenoxy) is 1. The molecule has 0 saturated carbocycles. The van der Waals surface area contributed by atoms with Crippen molar-refractivity contribution < 1.29 is 14.4 Å². The van der Waals surface area contributed by atoms with Crippen molar-refractivity contribution in [2.75, 3.05) is 26.7 Å². The Hall–Kier alpha value is -2.79. The predicted molar refractivity (Wildman–Crippen MR) is 115 cm³/mol. The molecular formula is C24H30N3O2+. The van der Waals surface area contributed by atoms with Gasteiger partial charge in [-0.25, -0.2) is 4.79 Å². The molecule has 0 unspecified atom stereocenters. The maximum absolute atomic E-state index is 12.8. The summed E-state index contributed by atoms with van der Waals surface area (Å²) in [5.41, 5.74) is 3.41. The number of hydrogen-bond donors (Lipinski definition) is 2. The minimum Gasteiger partial charge on any atom is -0.445 e. The smallest absolute Gasteiger partial charge is 0.410 e. The van der Waals surface area contributed by atoms with Gasteiger partial charge in [0.1, 0.15) is 6.61 Å². The molecule has 2 heterocycles. The lowest BCUT2D eigenvalue weighted by atomic mass is 10.0. The lowest BCUT2D eigenvalue weighted by molar-refractivity contribution is -0.889. The zero-order valence-corrected chi connectivity index (χ0v) is 17.1. The fourth-order valence-corrected chi connectivity index (χ4v) is 4.28. The number of para-hydroxylation sites is 1. The Morgan fingerprint density at radius 3 is 2.62 bits per heavy atom. The van der Waals surface area contributed by atoms with E-state index in [1.54, 1.807) is 9.80 Å². The van der Waals surface area contributed by atoms with Crippen LogP contribution < -0.4 is 4.90 Å². The van der Waals surface area contributed by atoms with E-state index in [2.05, 4.69) is 29.4 Å². The fourth-order valence-electron chi connectivity index (χ4n) is 4.28. The Kier molecular flexibility index (Phi) is 6.15. The molecule has 0 bridgehead atoms. The fraction of sp³-hybridized carbons (Fsp3) is 0.375. The quantitative estimate of drug-likeness (QED) is 0.649. The third kappa shape index (κ3) is 4.80. The van der Waals surface area contributed by atoms with Crippen molar-refractivity contribution >= 4 is 17.0 Å². The van der Waals surface area contributed by atoms with Crippen molar-refractivity contribution in [3.05, 3.63) is 71.9 Å². The predicted octanol–water partition coefficient (Wildman–Crippen LogP) is 3.03. The van der Waals surface area contributed by atoms with Gasteiger partial charge in [0.2, 0.25) is 0 Å². The van der Waals surface area contributed by atoms with E-state index in [9.17, 15) is 4.79 Å². The van der Waals surface area contributed by atoms with E-state index in [1.165, 1.54) is 36.9 Å². The van der Waals surface area contributed by atoms with E-state index in [0.717, 1.165) is 24.0 Å². The standard InChI is InChI=1S/C24H29N3O2/c1-26(24(28)29-18-19-9-3-2-4-10-19)21(17-27-13-7-8-14-27)15-20-16-25-23-12-6-5-11-22(20)23/h2-6,9-12,16,21,25H,7-8,13-15,17-18H2,1H3/p+1/t21-/m0/s1. The van der Waals surface area contributed by atoms with E-state index in [1.807, 2.05) is 43.4 Å². The molecule has 1 aliphatic rings. The van der Waals surface area contributed by atoms with Gasteiger partial charge in [-0.15, -0.1) is 0 Å². The van der Waals surface area contributed by atoms with E-state index in [-0.39, 0.29) is 12.1 Å². The van der Waals surface area contributed by atoms with Crippen LogP contribution in [0.3, 0.4) is 0 Å². The minimum absolute atomic E-state index is 0.102. The number of aromatic nitrogens is 1. The van der Waals surface area contributed by atoms with Gasteiger partial charge in [0.05, 0.1) is 25.7 Å². The number of H-pyrrole nitrogens is 1. The van der Waals surface area contributed by atoms with Crippen LogP contribution in [0.4, 0.5) is 4.79 Å². The van der Waals surface area contributed by atoms with Crippen molar-refractivity contribution in [2.24, 2.45) is 0 Å². The normalized spacial score (nSPS) is 15.5. The van der Waals surface area contributed by atoms with Crippen LogP contribution in [-0.4, -0.2) is 48.7 Å². The number of carbonyl (C=O) groups is 1. The first kappa shape index (κ1) is 19.5. The Bertz CT molecular complexity index is 931. The number of aromatic amines is 1. The first-order chi connectivity index (χ1) is 14.2. The first-order valence-corrected chi connectivity index (χ1v) is 10.5. The van der Waals surface area contributed by atoms with Crippen molar-refractivity contribution in [1.82, 2.24) is 9.88 Å². The van der Waals surface area contributed by atoms with Crippen molar-refractivity contribution in [1.29, 1.82) is 0 Å². The Morgan fingerprint density at radius 2 is 1.83 bits per heavy atom. The highest BCUT2D eigenvalue weighted by molar-refractivity contribution is 5.83. The highest BCUT2D eigenvalue weighted by Crippen LogP contribution is 2.20. The van der Waals surface area contributed by atoms with Crippen LogP contribution in [0.1, 0.15) is 24.0 Å². The van der Waals surface area contributed by atoms with Crippen molar-refractivity contribution in [2.45, 2.75) is 31.9 Å². The topological polar surface area (TPSA) is 49.8 Å². The van der Waals surface area contributed by atoms with Crippen LogP contribution in [0.2, 0.25) is 0 Å². The molecule has 29 heavy (non-hydrogen) atoms. The summed E-state index contributed by atoms with van der Waals surface area (Å²) < 4.78 is 5.61. The number of benzene rings is 2. The molecule has 1 atom stereocenters.